The van der Waals surface area contributed by atoms with Crippen LogP contribution in [0.5, 0.6) is 0 Å². The summed E-state index contributed by atoms with van der Waals surface area (Å²) in [6.45, 7) is 2.11. The molecule has 112 valence electrons. The fourth-order valence-electron chi connectivity index (χ4n) is 3.16. The quantitative estimate of drug-likeness (QED) is 0.862. The van der Waals surface area contributed by atoms with Crippen LogP contribution in [0.1, 0.15) is 37.2 Å². The van der Waals surface area contributed by atoms with Crippen LogP contribution in [0.4, 0.5) is 4.39 Å². The molecule has 1 aromatic rings. The third-order valence-corrected chi connectivity index (χ3v) is 4.55. The van der Waals surface area contributed by atoms with Crippen LogP contribution in [-0.2, 0) is 0 Å². The second-order valence-electron chi connectivity index (χ2n) is 5.80. The molecule has 0 aliphatic carbocycles. The molecule has 20 heavy (non-hydrogen) atoms. The lowest BCUT2D eigenvalue weighted by Crippen LogP contribution is -2.27. The minimum Gasteiger partial charge on any atom is -0.320 e. The van der Waals surface area contributed by atoms with Crippen molar-refractivity contribution in [2.45, 2.75) is 37.6 Å². The summed E-state index contributed by atoms with van der Waals surface area (Å²) < 4.78 is 13.6. The van der Waals surface area contributed by atoms with Gasteiger partial charge < -0.3 is 10.2 Å². The van der Waals surface area contributed by atoms with Gasteiger partial charge in [0.25, 0.3) is 0 Å². The fraction of sp³-hybridized carbons (Fsp3) is 0.625. The van der Waals surface area contributed by atoms with Gasteiger partial charge in [0.2, 0.25) is 0 Å². The van der Waals surface area contributed by atoms with E-state index in [0.29, 0.717) is 17.0 Å². The highest BCUT2D eigenvalue weighted by Crippen LogP contribution is 2.32. The molecule has 0 aromatic heterocycles. The van der Waals surface area contributed by atoms with Crippen molar-refractivity contribution >= 4 is 11.6 Å². The highest BCUT2D eigenvalue weighted by Gasteiger charge is 2.25. The lowest BCUT2D eigenvalue weighted by atomic mass is 9.88. The average Bonchev–Trinajstić information content (AvgIpc) is 2.78. The Morgan fingerprint density at radius 2 is 2.25 bits per heavy atom. The van der Waals surface area contributed by atoms with Crippen LogP contribution < -0.4 is 5.32 Å². The van der Waals surface area contributed by atoms with Crippen LogP contribution in [0.25, 0.3) is 0 Å². The Bertz CT molecular complexity index is 418. The lowest BCUT2D eigenvalue weighted by molar-refractivity contribution is 0.277. The van der Waals surface area contributed by atoms with Crippen LogP contribution >= 0.6 is 11.6 Å². The minimum atomic E-state index is -0.235. The Morgan fingerprint density at radius 1 is 1.45 bits per heavy atom. The van der Waals surface area contributed by atoms with Gasteiger partial charge in [0.15, 0.2) is 0 Å². The highest BCUT2D eigenvalue weighted by atomic mass is 35.5. The number of benzene rings is 1. The summed E-state index contributed by atoms with van der Waals surface area (Å²) in [4.78, 5) is 2.42. The van der Waals surface area contributed by atoms with Crippen LogP contribution in [-0.4, -0.2) is 38.1 Å². The smallest absolute Gasteiger partial charge is 0.124 e. The second-order valence-corrected chi connectivity index (χ2v) is 6.24. The molecular formula is C16H24ClFN2. The maximum atomic E-state index is 13.6. The van der Waals surface area contributed by atoms with Crippen molar-refractivity contribution in [2.75, 3.05) is 27.2 Å². The predicted octanol–water partition coefficient (Wildman–Crippen LogP) is 3.66. The molecule has 0 bridgehead atoms. The van der Waals surface area contributed by atoms with Gasteiger partial charge in [-0.15, -0.1) is 0 Å². The normalized spacial score (nSPS) is 21.3. The molecule has 2 nitrogen and oxygen atoms in total. The van der Waals surface area contributed by atoms with E-state index < -0.39 is 0 Å². The summed E-state index contributed by atoms with van der Waals surface area (Å²) in [5, 5.41) is 3.69. The maximum Gasteiger partial charge on any atom is 0.124 e. The molecular weight excluding hydrogens is 275 g/mol. The van der Waals surface area contributed by atoms with Gasteiger partial charge in [0, 0.05) is 11.1 Å². The summed E-state index contributed by atoms with van der Waals surface area (Å²) in [7, 11) is 4.14. The van der Waals surface area contributed by atoms with Crippen molar-refractivity contribution in [1.82, 2.24) is 10.2 Å². The molecule has 0 spiro atoms. The van der Waals surface area contributed by atoms with Crippen LogP contribution in [0, 0.1) is 5.82 Å². The topological polar surface area (TPSA) is 15.3 Å². The SMILES string of the molecule is CNCCC(C[C@@H]1CCCN1C)c1cc(F)cc(Cl)c1. The fourth-order valence-corrected chi connectivity index (χ4v) is 3.39. The Morgan fingerprint density at radius 3 is 2.85 bits per heavy atom. The predicted molar refractivity (Wildman–Crippen MR) is 83.0 cm³/mol. The van der Waals surface area contributed by atoms with E-state index in [-0.39, 0.29) is 5.82 Å². The molecule has 1 aromatic carbocycles. The van der Waals surface area contributed by atoms with Gasteiger partial charge in [0.05, 0.1) is 0 Å². The molecule has 0 amide bonds. The van der Waals surface area contributed by atoms with Gasteiger partial charge in [0.1, 0.15) is 5.82 Å². The number of likely N-dealkylation sites (tertiary alicyclic amines) is 1. The first-order chi connectivity index (χ1) is 9.60. The average molecular weight is 299 g/mol. The van der Waals surface area contributed by atoms with E-state index in [1.807, 2.05) is 13.1 Å². The molecule has 1 saturated heterocycles. The lowest BCUT2D eigenvalue weighted by Gasteiger charge is -2.26. The third kappa shape index (κ3) is 4.18. The van der Waals surface area contributed by atoms with E-state index in [1.54, 1.807) is 6.07 Å². The first-order valence-corrected chi connectivity index (χ1v) is 7.78. The van der Waals surface area contributed by atoms with Gasteiger partial charge in [-0.25, -0.2) is 4.39 Å². The first-order valence-electron chi connectivity index (χ1n) is 7.41. The minimum absolute atomic E-state index is 0.235. The number of hydrogen-bond acceptors (Lipinski definition) is 2. The molecule has 0 radical (unpaired) electrons. The molecule has 2 rings (SSSR count). The van der Waals surface area contributed by atoms with Crippen LogP contribution in [0.2, 0.25) is 5.02 Å². The molecule has 1 N–H and O–H groups in total. The van der Waals surface area contributed by atoms with Crippen molar-refractivity contribution in [1.29, 1.82) is 0 Å². The summed E-state index contributed by atoms with van der Waals surface area (Å²) in [6, 6.07) is 5.54. The van der Waals surface area contributed by atoms with Crippen molar-refractivity contribution in [3.05, 3.63) is 34.6 Å². The molecule has 4 heteroatoms. The Labute approximate surface area is 126 Å². The number of rotatable bonds is 6. The Hall–Kier alpha value is -0.640. The van der Waals surface area contributed by atoms with E-state index in [1.165, 1.54) is 25.5 Å². The van der Waals surface area contributed by atoms with E-state index in [0.717, 1.165) is 24.9 Å². The number of nitrogens with one attached hydrogen (secondary N) is 1. The van der Waals surface area contributed by atoms with Crippen molar-refractivity contribution < 1.29 is 4.39 Å². The van der Waals surface area contributed by atoms with Gasteiger partial charge in [-0.05, 0) is 82.5 Å². The summed E-state index contributed by atoms with van der Waals surface area (Å²) in [6.07, 6.45) is 4.61. The van der Waals surface area contributed by atoms with Crippen molar-refractivity contribution in [2.24, 2.45) is 0 Å². The van der Waals surface area contributed by atoms with E-state index >= 15 is 0 Å². The summed E-state index contributed by atoms with van der Waals surface area (Å²) in [5.41, 5.74) is 1.03. The van der Waals surface area contributed by atoms with Gasteiger partial charge >= 0.3 is 0 Å². The molecule has 1 fully saturated rings. The standard InChI is InChI=1S/C16H24ClFN2/c1-19-6-5-12(10-16-4-3-7-20(16)2)13-8-14(17)11-15(18)9-13/h8-9,11-12,16,19H,3-7,10H2,1-2H3/t12?,16-/m0/s1. The second kappa shape index (κ2) is 7.39. The maximum absolute atomic E-state index is 13.6. The van der Waals surface area contributed by atoms with Crippen LogP contribution in [0.3, 0.4) is 0 Å². The first kappa shape index (κ1) is 15.7. The molecule has 1 heterocycles. The van der Waals surface area contributed by atoms with E-state index in [2.05, 4.69) is 17.3 Å². The van der Waals surface area contributed by atoms with Gasteiger partial charge in [-0.3, -0.25) is 0 Å². The van der Waals surface area contributed by atoms with Crippen molar-refractivity contribution in [3.63, 3.8) is 0 Å². The number of hydrogen-bond donors (Lipinski definition) is 1. The van der Waals surface area contributed by atoms with Gasteiger partial charge in [-0.1, -0.05) is 11.6 Å². The van der Waals surface area contributed by atoms with Gasteiger partial charge in [-0.2, -0.15) is 0 Å². The van der Waals surface area contributed by atoms with Crippen molar-refractivity contribution in [3.8, 4) is 0 Å². The zero-order chi connectivity index (χ0) is 14.5. The molecule has 1 unspecified atom stereocenters. The molecule has 0 saturated carbocycles. The Balaban J connectivity index is 2.13. The summed E-state index contributed by atoms with van der Waals surface area (Å²) in [5.74, 6) is 0.128. The zero-order valence-electron chi connectivity index (χ0n) is 12.3. The van der Waals surface area contributed by atoms with Crippen LogP contribution in [0.15, 0.2) is 18.2 Å². The third-order valence-electron chi connectivity index (χ3n) is 4.33. The molecule has 1 aliphatic heterocycles. The monoisotopic (exact) mass is 298 g/mol. The van der Waals surface area contributed by atoms with E-state index in [9.17, 15) is 4.39 Å². The highest BCUT2D eigenvalue weighted by molar-refractivity contribution is 6.30. The number of halogens is 2. The Kier molecular flexibility index (Phi) is 5.82. The largest absolute Gasteiger partial charge is 0.320 e. The van der Waals surface area contributed by atoms with E-state index in [4.69, 9.17) is 11.6 Å². The summed E-state index contributed by atoms with van der Waals surface area (Å²) >= 11 is 6.01. The zero-order valence-corrected chi connectivity index (χ0v) is 13.1. The molecule has 2 atom stereocenters. The molecule has 1 aliphatic rings. The number of nitrogens with zero attached hydrogens (tertiary/aromatic N) is 1.